The lowest BCUT2D eigenvalue weighted by atomic mass is 9.95. The van der Waals surface area contributed by atoms with Crippen molar-refractivity contribution in [1.29, 1.82) is 0 Å². The number of carbonyl (C=O) groups is 1. The molecule has 0 aromatic heterocycles. The van der Waals surface area contributed by atoms with E-state index in [4.69, 9.17) is 4.18 Å². The SMILES string of the molecule is CCCCCCc1cc(CCCCCC)c(S(OC(=O)CCC)(c2ccccc2)c2ccccc2)c(CCCCCC)c1. The summed E-state index contributed by atoms with van der Waals surface area (Å²) in [5.74, 6) is -0.0947. The van der Waals surface area contributed by atoms with Crippen LogP contribution in [0.1, 0.15) is 134 Å². The van der Waals surface area contributed by atoms with Crippen LogP contribution in [0.25, 0.3) is 0 Å². The first-order chi connectivity index (χ1) is 21.1. The molecule has 3 aromatic carbocycles. The molecular formula is C40H58O2S. The normalized spacial score (nSPS) is 11.9. The molecule has 3 heteroatoms. The molecule has 0 radical (unpaired) electrons. The first kappa shape index (κ1) is 35.0. The molecule has 0 fully saturated rings. The van der Waals surface area contributed by atoms with Gasteiger partial charge in [0, 0.05) is 21.1 Å². The van der Waals surface area contributed by atoms with Crippen molar-refractivity contribution in [3.63, 3.8) is 0 Å². The molecule has 0 atom stereocenters. The standard InChI is InChI=1S/C40H58O2S/c1-5-9-12-17-25-34-32-35(26-18-13-10-6-2)40(36(33-34)27-19-14-11-7-3)43(42-39(41)24-8-4,37-28-20-15-21-29-37)38-30-22-16-23-31-38/h15-16,20-23,28-33H,5-14,17-19,24-27H2,1-4H3. The number of carbonyl (C=O) groups excluding carboxylic acids is 1. The third-order valence-corrected chi connectivity index (χ3v) is 11.7. The minimum Gasteiger partial charge on any atom is -0.402 e. The summed E-state index contributed by atoms with van der Waals surface area (Å²) < 4.78 is 6.97. The van der Waals surface area contributed by atoms with Gasteiger partial charge in [0.15, 0.2) is 0 Å². The van der Waals surface area contributed by atoms with E-state index in [0.717, 1.165) is 48.3 Å². The lowest BCUT2D eigenvalue weighted by Crippen LogP contribution is -2.17. The topological polar surface area (TPSA) is 26.3 Å². The average Bonchev–Trinajstić information content (AvgIpc) is 3.03. The minimum absolute atomic E-state index is 0.0947. The van der Waals surface area contributed by atoms with Crippen LogP contribution in [0.5, 0.6) is 0 Å². The van der Waals surface area contributed by atoms with Crippen LogP contribution in [0, 0.1) is 0 Å². The maximum Gasteiger partial charge on any atom is 0.317 e. The quantitative estimate of drug-likeness (QED) is 0.113. The van der Waals surface area contributed by atoms with Crippen molar-refractivity contribution in [1.82, 2.24) is 0 Å². The third-order valence-electron chi connectivity index (χ3n) is 8.33. The van der Waals surface area contributed by atoms with Crippen LogP contribution < -0.4 is 0 Å². The maximum absolute atomic E-state index is 13.7. The van der Waals surface area contributed by atoms with Crippen LogP contribution in [-0.2, 0) is 28.2 Å². The molecule has 0 aliphatic carbocycles. The summed E-state index contributed by atoms with van der Waals surface area (Å²) in [6.45, 7) is 8.91. The third kappa shape index (κ3) is 10.3. The lowest BCUT2D eigenvalue weighted by molar-refractivity contribution is -0.133. The van der Waals surface area contributed by atoms with Crippen LogP contribution >= 0.6 is 10.3 Å². The van der Waals surface area contributed by atoms with Crippen molar-refractivity contribution in [2.75, 3.05) is 0 Å². The molecule has 0 heterocycles. The van der Waals surface area contributed by atoms with Crippen LogP contribution in [0.4, 0.5) is 0 Å². The molecule has 0 saturated carbocycles. The number of aryl methyl sites for hydroxylation is 3. The second kappa shape index (κ2) is 19.7. The summed E-state index contributed by atoms with van der Waals surface area (Å²) in [5.41, 5.74) is 4.27. The minimum atomic E-state index is -2.30. The molecule has 0 unspecified atom stereocenters. The van der Waals surface area contributed by atoms with Gasteiger partial charge in [0.05, 0.1) is 0 Å². The number of benzene rings is 3. The Morgan fingerprint density at radius 2 is 1.00 bits per heavy atom. The number of rotatable bonds is 21. The van der Waals surface area contributed by atoms with E-state index < -0.39 is 10.3 Å². The first-order valence-electron chi connectivity index (χ1n) is 17.4. The van der Waals surface area contributed by atoms with Crippen molar-refractivity contribution in [2.45, 2.75) is 152 Å². The van der Waals surface area contributed by atoms with Gasteiger partial charge in [-0.15, -0.1) is 0 Å². The van der Waals surface area contributed by atoms with Crippen LogP contribution in [-0.4, -0.2) is 5.97 Å². The molecule has 236 valence electrons. The number of unbranched alkanes of at least 4 members (excludes halogenated alkanes) is 9. The number of hydrogen-bond acceptors (Lipinski definition) is 2. The van der Waals surface area contributed by atoms with Crippen molar-refractivity contribution in [2.24, 2.45) is 0 Å². The van der Waals surface area contributed by atoms with Gasteiger partial charge in [0.1, 0.15) is 0 Å². The molecule has 0 aliphatic rings. The Labute approximate surface area is 265 Å². The van der Waals surface area contributed by atoms with Crippen LogP contribution in [0.15, 0.2) is 87.5 Å². The van der Waals surface area contributed by atoms with Crippen LogP contribution in [0.2, 0.25) is 0 Å². The molecule has 43 heavy (non-hydrogen) atoms. The molecular weight excluding hydrogens is 545 g/mol. The Bertz CT molecular complexity index is 1120. The van der Waals surface area contributed by atoms with Crippen molar-refractivity contribution in [3.05, 3.63) is 89.5 Å². The summed E-state index contributed by atoms with van der Waals surface area (Å²) in [6, 6.07) is 26.4. The van der Waals surface area contributed by atoms with Gasteiger partial charge in [-0.05, 0) is 96.2 Å². The summed E-state index contributed by atoms with van der Waals surface area (Å²) in [7, 11) is -2.30. The van der Waals surface area contributed by atoms with Crippen LogP contribution in [0.3, 0.4) is 0 Å². The maximum atomic E-state index is 13.7. The highest BCUT2D eigenvalue weighted by Crippen LogP contribution is 2.71. The zero-order valence-corrected chi connectivity index (χ0v) is 28.5. The Kier molecular flexibility index (Phi) is 16.0. The molecule has 0 amide bonds. The predicted octanol–water partition coefficient (Wildman–Crippen LogP) is 12.6. The average molecular weight is 603 g/mol. The van der Waals surface area contributed by atoms with E-state index in [-0.39, 0.29) is 5.97 Å². The molecule has 0 aliphatic heterocycles. The van der Waals surface area contributed by atoms with Gasteiger partial charge in [-0.25, -0.2) is 0 Å². The Morgan fingerprint density at radius 1 is 0.558 bits per heavy atom. The van der Waals surface area contributed by atoms with E-state index in [2.05, 4.69) is 100 Å². The van der Waals surface area contributed by atoms with E-state index in [1.165, 1.54) is 85.8 Å². The van der Waals surface area contributed by atoms with Crippen molar-refractivity contribution < 1.29 is 8.98 Å². The fourth-order valence-corrected chi connectivity index (χ4v) is 9.59. The van der Waals surface area contributed by atoms with Gasteiger partial charge < -0.3 is 4.18 Å². The highest BCUT2D eigenvalue weighted by Gasteiger charge is 2.39. The van der Waals surface area contributed by atoms with Crippen molar-refractivity contribution >= 4 is 16.3 Å². The van der Waals surface area contributed by atoms with E-state index in [9.17, 15) is 4.79 Å². The molecule has 0 spiro atoms. The second-order valence-electron chi connectivity index (χ2n) is 12.1. The summed E-state index contributed by atoms with van der Waals surface area (Å²) in [4.78, 5) is 17.2. The Balaban J connectivity index is 2.32. The lowest BCUT2D eigenvalue weighted by Gasteiger charge is -2.42. The van der Waals surface area contributed by atoms with Gasteiger partial charge in [-0.1, -0.05) is 134 Å². The van der Waals surface area contributed by atoms with E-state index >= 15 is 0 Å². The van der Waals surface area contributed by atoms with Gasteiger partial charge in [0.2, 0.25) is 0 Å². The fraction of sp³-hybridized carbons (Fsp3) is 0.525. The largest absolute Gasteiger partial charge is 0.402 e. The van der Waals surface area contributed by atoms with E-state index in [1.54, 1.807) is 0 Å². The van der Waals surface area contributed by atoms with Gasteiger partial charge in [0.25, 0.3) is 0 Å². The molecule has 2 nitrogen and oxygen atoms in total. The monoisotopic (exact) mass is 602 g/mol. The predicted molar refractivity (Wildman–Crippen MR) is 186 cm³/mol. The molecule has 3 aromatic rings. The summed E-state index contributed by atoms with van der Waals surface area (Å²) >= 11 is 0. The van der Waals surface area contributed by atoms with E-state index in [1.807, 2.05) is 0 Å². The van der Waals surface area contributed by atoms with Gasteiger partial charge in [-0.3, -0.25) is 4.79 Å². The molecule has 0 bridgehead atoms. The Morgan fingerprint density at radius 3 is 1.42 bits per heavy atom. The van der Waals surface area contributed by atoms with E-state index in [0.29, 0.717) is 6.42 Å². The molecule has 3 rings (SSSR count). The summed E-state index contributed by atoms with van der Waals surface area (Å²) in [6.07, 6.45) is 19.2. The van der Waals surface area contributed by atoms with Crippen molar-refractivity contribution in [3.8, 4) is 0 Å². The molecule has 0 saturated heterocycles. The van der Waals surface area contributed by atoms with Gasteiger partial charge >= 0.3 is 5.97 Å². The summed E-state index contributed by atoms with van der Waals surface area (Å²) in [5, 5.41) is 0. The zero-order valence-electron chi connectivity index (χ0n) is 27.7. The fourth-order valence-electron chi connectivity index (χ4n) is 6.07. The highest BCUT2D eigenvalue weighted by atomic mass is 32.3. The second-order valence-corrected chi connectivity index (χ2v) is 14.7. The molecule has 0 N–H and O–H groups in total. The Hall–Kier alpha value is -2.52. The highest BCUT2D eigenvalue weighted by molar-refractivity contribution is 8.30. The van der Waals surface area contributed by atoms with Gasteiger partial charge in [-0.2, -0.15) is 0 Å². The first-order valence-corrected chi connectivity index (χ1v) is 19.0. The number of hydrogen-bond donors (Lipinski definition) is 0. The smallest absolute Gasteiger partial charge is 0.317 e. The zero-order chi connectivity index (χ0) is 30.8.